The highest BCUT2D eigenvalue weighted by Crippen LogP contribution is 2.51. The molecular formula is C26H39N11O5S. The van der Waals surface area contributed by atoms with Gasteiger partial charge in [-0.15, -0.1) is 16.9 Å². The molecule has 43 heavy (non-hydrogen) atoms. The van der Waals surface area contributed by atoms with Crippen LogP contribution in [0.15, 0.2) is 16.9 Å². The Bertz CT molecular complexity index is 1290. The van der Waals surface area contributed by atoms with Crippen LogP contribution in [0.4, 0.5) is 0 Å². The number of nitrogens with zero attached hydrogens (tertiary/aromatic N) is 8. The lowest BCUT2D eigenvalue weighted by Gasteiger charge is -2.47. The van der Waals surface area contributed by atoms with E-state index < -0.39 is 17.9 Å². The molecule has 6 rings (SSSR count). The molecule has 3 amide bonds. The summed E-state index contributed by atoms with van der Waals surface area (Å²) in [5.74, 6) is -2.49. The van der Waals surface area contributed by atoms with Gasteiger partial charge in [0.25, 0.3) is 0 Å². The quantitative estimate of drug-likeness (QED) is 0.213. The number of aromatic nitrogens is 4. The number of carbonyl (C=O) groups is 4. The number of nitrogens with one attached hydrogen (secondary N) is 2. The molecule has 0 spiro atoms. The Morgan fingerprint density at radius 2 is 1.98 bits per heavy atom. The van der Waals surface area contributed by atoms with Crippen molar-refractivity contribution in [1.29, 1.82) is 0 Å². The number of hydrazine groups is 1. The van der Waals surface area contributed by atoms with Crippen LogP contribution in [0.3, 0.4) is 0 Å². The topological polar surface area (TPSA) is 195 Å². The second kappa shape index (κ2) is 12.1. The van der Waals surface area contributed by atoms with Crippen molar-refractivity contribution in [3.8, 4) is 0 Å². The first kappa shape index (κ1) is 29.9. The number of carboxylic acid groups (broad SMARTS) is 1. The van der Waals surface area contributed by atoms with Gasteiger partial charge in [0.15, 0.2) is 0 Å². The molecule has 5 aliphatic heterocycles. The second-order valence-corrected chi connectivity index (χ2v) is 13.4. The molecule has 16 nitrogen and oxygen atoms in total. The maximum atomic E-state index is 13.4. The average molecular weight is 618 g/mol. The predicted octanol–water partition coefficient (Wildman–Crippen LogP) is -2.49. The summed E-state index contributed by atoms with van der Waals surface area (Å²) in [4.78, 5) is 55.4. The molecule has 5 aliphatic rings. The molecule has 0 aromatic carbocycles. The Morgan fingerprint density at radius 1 is 1.21 bits per heavy atom. The van der Waals surface area contributed by atoms with E-state index in [1.54, 1.807) is 6.92 Å². The van der Waals surface area contributed by atoms with Crippen molar-refractivity contribution in [1.82, 2.24) is 50.7 Å². The Kier molecular flexibility index (Phi) is 8.43. The largest absolute Gasteiger partial charge is 0.477 e. The summed E-state index contributed by atoms with van der Waals surface area (Å²) in [6.45, 7) is 8.91. The Balaban J connectivity index is 1.04. The molecule has 5 N–H and O–H groups in total. The molecule has 4 fully saturated rings. The van der Waals surface area contributed by atoms with Gasteiger partial charge >= 0.3 is 5.97 Å². The molecule has 1 aromatic heterocycles. The van der Waals surface area contributed by atoms with Crippen LogP contribution in [-0.2, 0) is 25.7 Å². The number of fused-ring (bicyclic) bond motifs is 1. The third kappa shape index (κ3) is 5.75. The van der Waals surface area contributed by atoms with Gasteiger partial charge in [0.2, 0.25) is 17.7 Å². The van der Waals surface area contributed by atoms with Crippen LogP contribution in [0.5, 0.6) is 0 Å². The number of rotatable bonds is 9. The van der Waals surface area contributed by atoms with Crippen LogP contribution in [0.2, 0.25) is 0 Å². The first-order valence-electron chi connectivity index (χ1n) is 14.9. The van der Waals surface area contributed by atoms with Crippen LogP contribution in [0.25, 0.3) is 0 Å². The maximum absolute atomic E-state index is 13.4. The van der Waals surface area contributed by atoms with Gasteiger partial charge in [0.1, 0.15) is 18.6 Å². The van der Waals surface area contributed by atoms with Crippen molar-refractivity contribution in [2.45, 2.75) is 62.7 Å². The molecule has 0 aliphatic carbocycles. The Labute approximate surface area is 253 Å². The Morgan fingerprint density at radius 3 is 2.63 bits per heavy atom. The number of thioether (sulfide) groups is 1. The van der Waals surface area contributed by atoms with Crippen molar-refractivity contribution < 1.29 is 24.3 Å². The molecule has 7 atom stereocenters. The third-order valence-electron chi connectivity index (χ3n) is 9.27. The number of hydrogen-bond donors (Lipinski definition) is 4. The summed E-state index contributed by atoms with van der Waals surface area (Å²) >= 11 is 1.46. The fourth-order valence-electron chi connectivity index (χ4n) is 7.09. The first-order chi connectivity index (χ1) is 20.6. The zero-order valence-corrected chi connectivity index (χ0v) is 25.1. The van der Waals surface area contributed by atoms with E-state index in [0.717, 1.165) is 32.6 Å². The van der Waals surface area contributed by atoms with Gasteiger partial charge in [-0.1, -0.05) is 6.92 Å². The van der Waals surface area contributed by atoms with E-state index in [1.807, 2.05) is 11.8 Å². The van der Waals surface area contributed by atoms with Crippen molar-refractivity contribution in [3.05, 3.63) is 16.9 Å². The highest BCUT2D eigenvalue weighted by molar-refractivity contribution is 8.03. The normalized spacial score (nSPS) is 32.2. The zero-order chi connectivity index (χ0) is 30.4. The van der Waals surface area contributed by atoms with Gasteiger partial charge < -0.3 is 31.3 Å². The third-order valence-corrected chi connectivity index (χ3v) is 10.8. The summed E-state index contributed by atoms with van der Waals surface area (Å²) in [6, 6.07) is -0.975. The molecule has 1 aromatic rings. The fraction of sp³-hybridized carbons (Fsp3) is 0.731. The predicted molar refractivity (Wildman–Crippen MR) is 153 cm³/mol. The number of hydrogen-bond acceptors (Lipinski definition) is 12. The SMILES string of the molecule is C[C@@H](NC(=O)Cn1cnnn1)[C@H]1C(=O)N2C(C(=O)O)=C(S[C@@H]3CN[C@H](C(=O)N4CCN(N5CC[C@@H](N)C5)CC4)C3)[C@H](C)[C@H]12. The van der Waals surface area contributed by atoms with Gasteiger partial charge in [-0.25, -0.2) is 19.5 Å². The van der Waals surface area contributed by atoms with E-state index >= 15 is 0 Å². The van der Waals surface area contributed by atoms with Gasteiger partial charge in [-0.3, -0.25) is 14.4 Å². The van der Waals surface area contributed by atoms with Crippen LogP contribution < -0.4 is 16.4 Å². The smallest absolute Gasteiger partial charge is 0.353 e. The maximum Gasteiger partial charge on any atom is 0.353 e. The van der Waals surface area contributed by atoms with E-state index in [4.69, 9.17) is 5.73 Å². The molecule has 234 valence electrons. The van der Waals surface area contributed by atoms with E-state index in [9.17, 15) is 24.3 Å². The lowest BCUT2D eigenvalue weighted by Crippen LogP contribution is -2.66. The average Bonchev–Trinajstić information content (AvgIpc) is 3.77. The van der Waals surface area contributed by atoms with Crippen LogP contribution in [0.1, 0.15) is 26.7 Å². The number of β-lactam (4-membered cyclic amide) rings is 1. The van der Waals surface area contributed by atoms with Crippen LogP contribution in [0, 0.1) is 11.8 Å². The van der Waals surface area contributed by atoms with Gasteiger partial charge in [-0.2, -0.15) is 0 Å². The highest BCUT2D eigenvalue weighted by Gasteiger charge is 2.60. The number of nitrogens with two attached hydrogens (primary N) is 1. The minimum atomic E-state index is -1.14. The standard InChI is InChI=1S/C26H39N11O5S/c1-14-21-20(15(2)30-19(38)12-34-13-29-31-32-34)25(40)37(21)22(26(41)42)23(14)43-17-9-18(28-10-17)24(39)33-5-7-35(8-6-33)36-4-3-16(27)11-36/h13-18,20-21,28H,3-12,27H2,1-2H3,(H,30,38)(H,41,42)/t14-,15-,16-,17+,18+,20-,21-/m1/s1. The van der Waals surface area contributed by atoms with Gasteiger partial charge in [0.05, 0.1) is 18.0 Å². The van der Waals surface area contributed by atoms with Gasteiger partial charge in [-0.05, 0) is 30.2 Å². The van der Waals surface area contributed by atoms with Crippen molar-refractivity contribution in [2.24, 2.45) is 17.6 Å². The minimum Gasteiger partial charge on any atom is -0.477 e. The van der Waals surface area contributed by atoms with E-state index in [-0.39, 0.29) is 59.3 Å². The number of tetrazole rings is 1. The highest BCUT2D eigenvalue weighted by atomic mass is 32.2. The molecule has 0 saturated carbocycles. The summed E-state index contributed by atoms with van der Waals surface area (Å²) < 4.78 is 1.28. The molecule has 0 radical (unpaired) electrons. The summed E-state index contributed by atoms with van der Waals surface area (Å²) in [5, 5.41) is 31.6. The second-order valence-electron chi connectivity index (χ2n) is 12.1. The van der Waals surface area contributed by atoms with E-state index in [2.05, 4.69) is 36.2 Å². The minimum absolute atomic E-state index is 0.00575. The lowest BCUT2D eigenvalue weighted by atomic mass is 9.78. The molecule has 0 unspecified atom stereocenters. The monoisotopic (exact) mass is 617 g/mol. The molecule has 17 heteroatoms. The van der Waals surface area contributed by atoms with E-state index in [0.29, 0.717) is 31.0 Å². The lowest BCUT2D eigenvalue weighted by molar-refractivity contribution is -0.158. The molecular weight excluding hydrogens is 578 g/mol. The van der Waals surface area contributed by atoms with E-state index in [1.165, 1.54) is 27.7 Å². The van der Waals surface area contributed by atoms with Gasteiger partial charge in [0, 0.05) is 74.0 Å². The molecule has 4 saturated heterocycles. The number of piperazine rings is 1. The molecule has 0 bridgehead atoms. The van der Waals surface area contributed by atoms with Crippen LogP contribution in [-0.4, -0.2) is 144 Å². The summed E-state index contributed by atoms with van der Waals surface area (Å²) in [7, 11) is 0. The summed E-state index contributed by atoms with van der Waals surface area (Å²) in [6.07, 6.45) is 2.91. The Hall–Kier alpha value is -3.12. The number of carboxylic acids is 1. The molecule has 6 heterocycles. The zero-order valence-electron chi connectivity index (χ0n) is 24.3. The van der Waals surface area contributed by atoms with Crippen molar-refractivity contribution in [3.63, 3.8) is 0 Å². The number of amides is 3. The van der Waals surface area contributed by atoms with Crippen molar-refractivity contribution in [2.75, 3.05) is 45.8 Å². The van der Waals surface area contributed by atoms with Crippen molar-refractivity contribution >= 4 is 35.5 Å². The fourth-order valence-corrected chi connectivity index (χ4v) is 8.57. The number of carbonyl (C=O) groups excluding carboxylic acids is 3. The summed E-state index contributed by atoms with van der Waals surface area (Å²) in [5.41, 5.74) is 6.08. The number of aliphatic carboxylic acids is 1. The van der Waals surface area contributed by atoms with Crippen LogP contribution >= 0.6 is 11.8 Å². The first-order valence-corrected chi connectivity index (χ1v) is 15.7.